The monoisotopic (exact) mass is 431 g/mol. The lowest BCUT2D eigenvalue weighted by Gasteiger charge is -2.24. The maximum Gasteiger partial charge on any atom is 0.326 e. The summed E-state index contributed by atoms with van der Waals surface area (Å²) in [4.78, 5) is 37.9. The van der Waals surface area contributed by atoms with Crippen LogP contribution in [0.15, 0.2) is 65.6 Å². The normalized spacial score (nSPS) is 16.5. The number of hydrogen-bond acceptors (Lipinski definition) is 5. The fourth-order valence-corrected chi connectivity index (χ4v) is 3.95. The molecular weight excluding hydrogens is 406 g/mol. The summed E-state index contributed by atoms with van der Waals surface area (Å²) in [6.45, 7) is 2.22. The standard InChI is InChI=1S/C16H19NO4S.C6H6S/c1-11(10-22-16(21)12-6-3-2-4-7-12)14(18)17-9-5-8-13(17)15(19)20;7-6-4-2-1-3-5-6/h2-4,6-7,11,13H,5,8-10H2,1H3,(H,19,20);1-5,7H. The smallest absolute Gasteiger partial charge is 0.326 e. The highest BCUT2D eigenvalue weighted by molar-refractivity contribution is 8.14. The molecule has 0 spiro atoms. The Balaban J connectivity index is 0.000000360. The molecule has 29 heavy (non-hydrogen) atoms. The highest BCUT2D eigenvalue weighted by atomic mass is 32.2. The van der Waals surface area contributed by atoms with Crippen LogP contribution < -0.4 is 0 Å². The van der Waals surface area contributed by atoms with Crippen LogP contribution in [0.25, 0.3) is 0 Å². The fraction of sp³-hybridized carbons (Fsp3) is 0.318. The second-order valence-electron chi connectivity index (χ2n) is 6.73. The number of likely N-dealkylation sites (tertiary alicyclic amines) is 1. The molecule has 2 unspecified atom stereocenters. The molecular formula is C22H25NO4S2. The van der Waals surface area contributed by atoms with Gasteiger partial charge in [0.1, 0.15) is 6.04 Å². The number of thiol groups is 1. The van der Waals surface area contributed by atoms with E-state index in [2.05, 4.69) is 12.6 Å². The molecule has 0 bridgehead atoms. The van der Waals surface area contributed by atoms with Crippen molar-refractivity contribution in [2.45, 2.75) is 30.7 Å². The van der Waals surface area contributed by atoms with Crippen molar-refractivity contribution in [3.05, 3.63) is 66.2 Å². The lowest BCUT2D eigenvalue weighted by molar-refractivity contribution is -0.149. The minimum atomic E-state index is -0.953. The molecule has 5 nitrogen and oxygen atoms in total. The lowest BCUT2D eigenvalue weighted by atomic mass is 10.1. The number of carbonyl (C=O) groups is 3. The Kier molecular flexibility index (Phi) is 9.28. The number of rotatable bonds is 5. The average molecular weight is 432 g/mol. The zero-order chi connectivity index (χ0) is 21.2. The molecule has 1 aliphatic rings. The minimum Gasteiger partial charge on any atom is -0.480 e. The number of carboxylic acids is 1. The van der Waals surface area contributed by atoms with Crippen molar-refractivity contribution in [3.63, 3.8) is 0 Å². The van der Waals surface area contributed by atoms with E-state index in [1.165, 1.54) is 4.90 Å². The first-order chi connectivity index (χ1) is 13.9. The molecule has 0 aliphatic carbocycles. The molecule has 2 atom stereocenters. The van der Waals surface area contributed by atoms with Gasteiger partial charge in [-0.25, -0.2) is 4.79 Å². The largest absolute Gasteiger partial charge is 0.480 e. The molecule has 3 rings (SSSR count). The van der Waals surface area contributed by atoms with Crippen LogP contribution in [0.1, 0.15) is 30.1 Å². The fourth-order valence-electron chi connectivity index (χ4n) is 2.93. The SMILES string of the molecule is CC(CSC(=O)c1ccccc1)C(=O)N1CCCC1C(=O)O.Sc1ccccc1. The first-order valence-electron chi connectivity index (χ1n) is 9.39. The van der Waals surface area contributed by atoms with Crippen molar-refractivity contribution in [3.8, 4) is 0 Å². The molecule has 2 aromatic carbocycles. The molecule has 154 valence electrons. The Morgan fingerprint density at radius 1 is 1.10 bits per heavy atom. The van der Waals surface area contributed by atoms with Gasteiger partial charge in [-0.3, -0.25) is 9.59 Å². The summed E-state index contributed by atoms with van der Waals surface area (Å²) in [7, 11) is 0. The quantitative estimate of drug-likeness (QED) is 0.693. The zero-order valence-corrected chi connectivity index (χ0v) is 17.9. The van der Waals surface area contributed by atoms with Crippen molar-refractivity contribution in [1.82, 2.24) is 4.90 Å². The van der Waals surface area contributed by atoms with E-state index in [4.69, 9.17) is 5.11 Å². The Bertz CT molecular complexity index is 814. The molecule has 0 aromatic heterocycles. The molecule has 1 N–H and O–H groups in total. The number of carbonyl (C=O) groups excluding carboxylic acids is 2. The molecule has 0 radical (unpaired) electrons. The van der Waals surface area contributed by atoms with Gasteiger partial charge in [0, 0.05) is 28.7 Å². The number of nitrogens with zero attached hydrogens (tertiary/aromatic N) is 1. The van der Waals surface area contributed by atoms with Gasteiger partial charge in [-0.2, -0.15) is 0 Å². The van der Waals surface area contributed by atoms with E-state index in [9.17, 15) is 14.4 Å². The lowest BCUT2D eigenvalue weighted by Crippen LogP contribution is -2.43. The van der Waals surface area contributed by atoms with E-state index < -0.39 is 12.0 Å². The maximum absolute atomic E-state index is 12.3. The van der Waals surface area contributed by atoms with Gasteiger partial charge in [0.25, 0.3) is 0 Å². The second kappa shape index (κ2) is 11.7. The van der Waals surface area contributed by atoms with Gasteiger partial charge in [-0.15, -0.1) is 12.6 Å². The predicted molar refractivity (Wildman–Crippen MR) is 118 cm³/mol. The molecule has 1 heterocycles. The van der Waals surface area contributed by atoms with Crippen LogP contribution in [0.2, 0.25) is 0 Å². The van der Waals surface area contributed by atoms with E-state index >= 15 is 0 Å². The average Bonchev–Trinajstić information content (AvgIpc) is 3.23. The Hall–Kier alpha value is -2.25. The van der Waals surface area contributed by atoms with Crippen LogP contribution in [-0.2, 0) is 9.59 Å². The van der Waals surface area contributed by atoms with Crippen LogP contribution in [-0.4, -0.2) is 45.3 Å². The Morgan fingerprint density at radius 2 is 1.69 bits per heavy atom. The molecule has 7 heteroatoms. The summed E-state index contributed by atoms with van der Waals surface area (Å²) in [5, 5.41) is 9.06. The number of hydrogen-bond donors (Lipinski definition) is 2. The van der Waals surface area contributed by atoms with E-state index in [0.717, 1.165) is 16.7 Å². The first-order valence-corrected chi connectivity index (χ1v) is 10.8. The number of amides is 1. The van der Waals surface area contributed by atoms with Gasteiger partial charge >= 0.3 is 5.97 Å². The number of benzene rings is 2. The third kappa shape index (κ3) is 7.25. The predicted octanol–water partition coefficient (Wildman–Crippen LogP) is 4.25. The van der Waals surface area contributed by atoms with Crippen LogP contribution in [0.4, 0.5) is 0 Å². The van der Waals surface area contributed by atoms with E-state index in [1.807, 2.05) is 36.4 Å². The summed E-state index contributed by atoms with van der Waals surface area (Å²) in [6.07, 6.45) is 1.22. The molecule has 1 amide bonds. The summed E-state index contributed by atoms with van der Waals surface area (Å²) in [5.74, 6) is -1.16. The molecule has 2 aromatic rings. The van der Waals surface area contributed by atoms with Crippen LogP contribution >= 0.6 is 24.4 Å². The maximum atomic E-state index is 12.3. The third-order valence-corrected chi connectivity index (χ3v) is 5.94. The summed E-state index contributed by atoms with van der Waals surface area (Å²) >= 11 is 5.18. The highest BCUT2D eigenvalue weighted by Gasteiger charge is 2.35. The van der Waals surface area contributed by atoms with Crippen LogP contribution in [0.3, 0.4) is 0 Å². The first kappa shape index (κ1) is 23.0. The molecule has 1 saturated heterocycles. The van der Waals surface area contributed by atoms with Gasteiger partial charge in [0.05, 0.1) is 0 Å². The number of thioether (sulfide) groups is 1. The highest BCUT2D eigenvalue weighted by Crippen LogP contribution is 2.22. The van der Waals surface area contributed by atoms with Gasteiger partial charge in [0.15, 0.2) is 0 Å². The minimum absolute atomic E-state index is 0.0727. The van der Waals surface area contributed by atoms with Gasteiger partial charge in [0.2, 0.25) is 11.0 Å². The number of aliphatic carboxylic acids is 1. The molecule has 0 saturated carbocycles. The van der Waals surface area contributed by atoms with Crippen LogP contribution in [0.5, 0.6) is 0 Å². The zero-order valence-electron chi connectivity index (χ0n) is 16.2. The Morgan fingerprint density at radius 3 is 2.21 bits per heavy atom. The van der Waals surface area contributed by atoms with E-state index in [1.54, 1.807) is 31.2 Å². The number of carboxylic acid groups (broad SMARTS) is 1. The van der Waals surface area contributed by atoms with Crippen molar-refractivity contribution in [1.29, 1.82) is 0 Å². The van der Waals surface area contributed by atoms with Crippen molar-refractivity contribution in [2.24, 2.45) is 5.92 Å². The topological polar surface area (TPSA) is 74.7 Å². The Labute approximate surface area is 180 Å². The van der Waals surface area contributed by atoms with Crippen molar-refractivity contribution >= 4 is 41.4 Å². The van der Waals surface area contributed by atoms with Gasteiger partial charge < -0.3 is 10.0 Å². The second-order valence-corrected chi connectivity index (χ2v) is 8.24. The van der Waals surface area contributed by atoms with Crippen molar-refractivity contribution < 1.29 is 19.5 Å². The summed E-state index contributed by atoms with van der Waals surface area (Å²) < 4.78 is 0. The van der Waals surface area contributed by atoms with Gasteiger partial charge in [-0.05, 0) is 25.0 Å². The van der Waals surface area contributed by atoms with E-state index in [0.29, 0.717) is 30.7 Å². The molecule has 1 fully saturated rings. The summed E-state index contributed by atoms with van der Waals surface area (Å²) in [5.41, 5.74) is 0.608. The third-order valence-electron chi connectivity index (χ3n) is 4.47. The summed E-state index contributed by atoms with van der Waals surface area (Å²) in [6, 6.07) is 18.0. The van der Waals surface area contributed by atoms with Gasteiger partial charge in [-0.1, -0.05) is 67.2 Å². The van der Waals surface area contributed by atoms with Crippen molar-refractivity contribution in [2.75, 3.05) is 12.3 Å². The van der Waals surface area contributed by atoms with Crippen LogP contribution in [0, 0.1) is 5.92 Å². The molecule has 1 aliphatic heterocycles. The van der Waals surface area contributed by atoms with E-state index in [-0.39, 0.29) is 16.9 Å².